The average molecular weight is 662 g/mol. The van der Waals surface area contributed by atoms with Gasteiger partial charge in [0.05, 0.1) is 33.5 Å². The number of halogens is 3. The minimum Gasteiger partial charge on any atom is -0.373 e. The quantitative estimate of drug-likeness (QED) is 0.157. The molecule has 0 aliphatic carbocycles. The maximum atomic E-state index is 9.95. The first-order valence-electron chi connectivity index (χ1n) is 14.9. The zero-order valence-electron chi connectivity index (χ0n) is 25.3. The smallest absolute Gasteiger partial charge is 0.103 e. The van der Waals surface area contributed by atoms with E-state index < -0.39 is 0 Å². The van der Waals surface area contributed by atoms with Crippen LogP contribution >= 0.6 is 34.8 Å². The van der Waals surface area contributed by atoms with E-state index >= 15 is 0 Å². The van der Waals surface area contributed by atoms with Crippen molar-refractivity contribution in [3.05, 3.63) is 105 Å². The normalized spacial score (nSPS) is 16.6. The van der Waals surface area contributed by atoms with Crippen LogP contribution in [0.5, 0.6) is 0 Å². The Kier molecular flexibility index (Phi) is 9.00. The first-order valence-corrected chi connectivity index (χ1v) is 16.1. The first kappa shape index (κ1) is 31.3. The Labute approximate surface area is 278 Å². The van der Waals surface area contributed by atoms with Crippen molar-refractivity contribution in [3.8, 4) is 6.07 Å². The Balaban J connectivity index is 1.34. The maximum Gasteiger partial charge on any atom is 0.103 e. The molecule has 2 aliphatic rings. The van der Waals surface area contributed by atoms with Crippen LogP contribution in [0.1, 0.15) is 50.8 Å². The number of hydrazine groups is 2. The number of likely N-dealkylation sites (tertiary alicyclic amines) is 1. The van der Waals surface area contributed by atoms with Crippen LogP contribution in [0.15, 0.2) is 78.8 Å². The fourth-order valence-corrected chi connectivity index (χ4v) is 6.52. The summed E-state index contributed by atoms with van der Waals surface area (Å²) in [6.07, 6.45) is 5.80. The molecule has 45 heavy (non-hydrogen) atoms. The molecule has 8 nitrogen and oxygen atoms in total. The number of benzene rings is 3. The van der Waals surface area contributed by atoms with Gasteiger partial charge in [0.15, 0.2) is 0 Å². The summed E-state index contributed by atoms with van der Waals surface area (Å²) >= 11 is 19.3. The third kappa shape index (κ3) is 6.94. The molecule has 0 radical (unpaired) electrons. The second kappa shape index (κ2) is 13.0. The summed E-state index contributed by atoms with van der Waals surface area (Å²) in [6, 6.07) is 21.3. The SMILES string of the molecule is CC(C)(C)N1CCC(N2C=C([C@@H](Nc3cc(Cl)c4ncc(C#N)c(Nc5cccc(Cl)c5)c4c3)c3ccc(Cl)cc3)NN2)CC1. The van der Waals surface area contributed by atoms with Gasteiger partial charge in [0.1, 0.15) is 6.07 Å². The average Bonchev–Trinajstić information content (AvgIpc) is 3.51. The fraction of sp³-hybridized carbons (Fsp3) is 0.294. The number of piperidine rings is 1. The van der Waals surface area contributed by atoms with Crippen LogP contribution in [-0.4, -0.2) is 39.6 Å². The van der Waals surface area contributed by atoms with Gasteiger partial charge < -0.3 is 16.1 Å². The molecule has 3 aromatic carbocycles. The molecule has 2 aliphatic heterocycles. The number of nitriles is 1. The van der Waals surface area contributed by atoms with Crippen LogP contribution in [0.25, 0.3) is 10.9 Å². The predicted molar refractivity (Wildman–Crippen MR) is 185 cm³/mol. The Bertz CT molecular complexity index is 1770. The number of aromatic nitrogens is 1. The predicted octanol–water partition coefficient (Wildman–Crippen LogP) is 8.39. The van der Waals surface area contributed by atoms with Gasteiger partial charge in [0.2, 0.25) is 0 Å². The topological polar surface area (TPSA) is 91.3 Å². The molecule has 1 saturated heterocycles. The first-order chi connectivity index (χ1) is 21.6. The molecule has 1 fully saturated rings. The van der Waals surface area contributed by atoms with E-state index in [9.17, 15) is 5.26 Å². The lowest BCUT2D eigenvalue weighted by atomic mass is 9.98. The summed E-state index contributed by atoms with van der Waals surface area (Å²) in [4.78, 5) is 7.06. The van der Waals surface area contributed by atoms with E-state index in [0.29, 0.717) is 43.3 Å². The lowest BCUT2D eigenvalue weighted by Crippen LogP contribution is -2.52. The third-order valence-electron chi connectivity index (χ3n) is 8.38. The highest BCUT2D eigenvalue weighted by Gasteiger charge is 2.32. The number of nitrogens with one attached hydrogen (secondary N) is 4. The zero-order valence-corrected chi connectivity index (χ0v) is 27.6. The van der Waals surface area contributed by atoms with Gasteiger partial charge in [-0.15, -0.1) is 5.53 Å². The van der Waals surface area contributed by atoms with Crippen LogP contribution in [0.2, 0.25) is 15.1 Å². The standard InChI is InChI=1S/C34H35Cl3N8/c1-34(2,3)44-13-11-27(12-14-44)45-20-30(42-43-45)32(21-7-9-23(35)10-8-21)41-26-16-28-31(40-25-6-4-5-24(36)15-25)22(18-38)19-39-33(28)29(37)17-26/h4-10,15-17,19-20,27,32,41-43H,11-14H2,1-3H3,(H,39,40)/t32-/m0/s1. The van der Waals surface area contributed by atoms with Gasteiger partial charge >= 0.3 is 0 Å². The van der Waals surface area contributed by atoms with E-state index in [4.69, 9.17) is 34.8 Å². The van der Waals surface area contributed by atoms with Crippen LogP contribution < -0.4 is 21.6 Å². The van der Waals surface area contributed by atoms with E-state index in [-0.39, 0.29) is 11.6 Å². The Morgan fingerprint density at radius 2 is 1.73 bits per heavy atom. The van der Waals surface area contributed by atoms with E-state index in [1.165, 1.54) is 6.20 Å². The van der Waals surface area contributed by atoms with Crippen molar-refractivity contribution in [1.29, 1.82) is 5.26 Å². The number of nitrogens with zero attached hydrogens (tertiary/aromatic N) is 4. The molecule has 232 valence electrons. The Hall–Kier alpha value is -3.71. The van der Waals surface area contributed by atoms with Crippen molar-refractivity contribution < 1.29 is 0 Å². The molecule has 0 bridgehead atoms. The molecule has 6 rings (SSSR count). The molecule has 4 aromatic rings. The molecular weight excluding hydrogens is 627 g/mol. The third-order valence-corrected chi connectivity index (χ3v) is 9.15. The lowest BCUT2D eigenvalue weighted by Gasteiger charge is -2.42. The van der Waals surface area contributed by atoms with Gasteiger partial charge in [0, 0.05) is 63.9 Å². The molecular formula is C34H35Cl3N8. The van der Waals surface area contributed by atoms with Crippen LogP contribution in [0, 0.1) is 11.3 Å². The van der Waals surface area contributed by atoms with Gasteiger partial charge in [-0.2, -0.15) is 5.26 Å². The Morgan fingerprint density at radius 1 is 0.978 bits per heavy atom. The van der Waals surface area contributed by atoms with E-state index in [1.54, 1.807) is 12.1 Å². The molecule has 0 spiro atoms. The summed E-state index contributed by atoms with van der Waals surface area (Å²) in [5.74, 6) is 0. The largest absolute Gasteiger partial charge is 0.373 e. The molecule has 3 heterocycles. The number of pyridine rings is 1. The number of hydrogen-bond acceptors (Lipinski definition) is 8. The molecule has 11 heteroatoms. The number of rotatable bonds is 7. The van der Waals surface area contributed by atoms with Gasteiger partial charge in [0.25, 0.3) is 0 Å². The van der Waals surface area contributed by atoms with Crippen molar-refractivity contribution in [3.63, 3.8) is 0 Å². The van der Waals surface area contributed by atoms with Crippen molar-refractivity contribution in [2.45, 2.75) is 51.2 Å². The molecule has 1 aromatic heterocycles. The molecule has 0 unspecified atom stereocenters. The second-order valence-corrected chi connectivity index (χ2v) is 13.7. The van der Waals surface area contributed by atoms with Crippen LogP contribution in [0.3, 0.4) is 0 Å². The fourth-order valence-electron chi connectivity index (χ4n) is 5.94. The van der Waals surface area contributed by atoms with Gasteiger partial charge in [-0.05, 0) is 81.6 Å². The van der Waals surface area contributed by atoms with E-state index in [1.807, 2.05) is 48.5 Å². The van der Waals surface area contributed by atoms with Gasteiger partial charge in [-0.25, -0.2) is 0 Å². The highest BCUT2D eigenvalue weighted by atomic mass is 35.5. The summed E-state index contributed by atoms with van der Waals surface area (Å²) in [5, 5.41) is 21.6. The lowest BCUT2D eigenvalue weighted by molar-refractivity contribution is 0.0570. The van der Waals surface area contributed by atoms with Crippen LogP contribution in [0.4, 0.5) is 17.1 Å². The van der Waals surface area contributed by atoms with Crippen molar-refractivity contribution in [2.75, 3.05) is 23.7 Å². The van der Waals surface area contributed by atoms with Crippen molar-refractivity contribution in [2.24, 2.45) is 0 Å². The highest BCUT2D eigenvalue weighted by Crippen LogP contribution is 2.37. The van der Waals surface area contributed by atoms with Crippen LogP contribution in [-0.2, 0) is 0 Å². The van der Waals surface area contributed by atoms with Gasteiger partial charge in [-0.3, -0.25) is 14.9 Å². The minimum atomic E-state index is -0.264. The summed E-state index contributed by atoms with van der Waals surface area (Å²) < 4.78 is 0. The van der Waals surface area contributed by atoms with Crippen molar-refractivity contribution in [1.82, 2.24) is 25.9 Å². The minimum absolute atomic E-state index is 0.167. The molecule has 0 saturated carbocycles. The summed E-state index contributed by atoms with van der Waals surface area (Å²) in [5.41, 5.74) is 12.0. The Morgan fingerprint density at radius 3 is 2.42 bits per heavy atom. The van der Waals surface area contributed by atoms with E-state index in [2.05, 4.69) is 69.5 Å². The van der Waals surface area contributed by atoms with E-state index in [0.717, 1.165) is 48.6 Å². The summed E-state index contributed by atoms with van der Waals surface area (Å²) in [6.45, 7) is 8.92. The number of anilines is 3. The number of hydrogen-bond donors (Lipinski definition) is 4. The van der Waals surface area contributed by atoms with Gasteiger partial charge in [-0.1, -0.05) is 53.0 Å². The molecule has 1 atom stereocenters. The summed E-state index contributed by atoms with van der Waals surface area (Å²) in [7, 11) is 0. The monoisotopic (exact) mass is 660 g/mol. The molecule has 4 N–H and O–H groups in total. The highest BCUT2D eigenvalue weighted by molar-refractivity contribution is 6.36. The maximum absolute atomic E-state index is 9.95. The van der Waals surface area contributed by atoms with Crippen molar-refractivity contribution >= 4 is 62.8 Å². The second-order valence-electron chi connectivity index (χ2n) is 12.4. The zero-order chi connectivity index (χ0) is 31.7. The number of fused-ring (bicyclic) bond motifs is 1. The molecule has 0 amide bonds.